The van der Waals surface area contributed by atoms with E-state index in [4.69, 9.17) is 4.74 Å². The first-order chi connectivity index (χ1) is 11.0. The summed E-state index contributed by atoms with van der Waals surface area (Å²) in [5.41, 5.74) is 0.946. The van der Waals surface area contributed by atoms with E-state index < -0.39 is 0 Å². The van der Waals surface area contributed by atoms with Crippen LogP contribution >= 0.6 is 11.8 Å². The zero-order valence-corrected chi connectivity index (χ0v) is 14.3. The van der Waals surface area contributed by atoms with Gasteiger partial charge in [0.05, 0.1) is 18.9 Å². The van der Waals surface area contributed by atoms with Gasteiger partial charge in [-0.3, -0.25) is 4.79 Å². The summed E-state index contributed by atoms with van der Waals surface area (Å²) in [4.78, 5) is 14.5. The van der Waals surface area contributed by atoms with Crippen LogP contribution in [-0.4, -0.2) is 30.7 Å². The van der Waals surface area contributed by atoms with Crippen molar-refractivity contribution in [2.45, 2.75) is 17.9 Å². The number of hydrogen-bond acceptors (Lipinski definition) is 3. The summed E-state index contributed by atoms with van der Waals surface area (Å²) >= 11 is 1.21. The largest absolute Gasteiger partial charge is 0.496 e. The van der Waals surface area contributed by atoms with Crippen LogP contribution in [0.1, 0.15) is 18.5 Å². The third kappa shape index (κ3) is 4.26. The van der Waals surface area contributed by atoms with Crippen molar-refractivity contribution in [1.82, 2.24) is 4.90 Å². The standard InChI is InChI=1S/C18H20FNO2S/c1-13(14-8-4-6-10-16(14)22-3)20(2)18(21)12-23-17-11-7-5-9-15(17)19/h4-11,13H,12H2,1-3H3. The summed E-state index contributed by atoms with van der Waals surface area (Å²) in [6.45, 7) is 1.95. The molecule has 3 nitrogen and oxygen atoms in total. The number of amides is 1. The van der Waals surface area contributed by atoms with Gasteiger partial charge in [0.1, 0.15) is 11.6 Å². The molecule has 0 aliphatic carbocycles. The zero-order valence-electron chi connectivity index (χ0n) is 13.5. The molecular formula is C18H20FNO2S. The highest BCUT2D eigenvalue weighted by Crippen LogP contribution is 2.29. The molecular weight excluding hydrogens is 313 g/mol. The molecule has 23 heavy (non-hydrogen) atoms. The Labute approximate surface area is 140 Å². The fourth-order valence-electron chi connectivity index (χ4n) is 2.24. The Morgan fingerprint density at radius 3 is 2.57 bits per heavy atom. The maximum Gasteiger partial charge on any atom is 0.233 e. The van der Waals surface area contributed by atoms with Crippen molar-refractivity contribution in [3.63, 3.8) is 0 Å². The van der Waals surface area contributed by atoms with Crippen LogP contribution in [0.5, 0.6) is 5.75 Å². The van der Waals surface area contributed by atoms with E-state index in [2.05, 4.69) is 0 Å². The molecule has 0 spiro atoms. The first-order valence-corrected chi connectivity index (χ1v) is 8.29. The molecule has 2 aromatic carbocycles. The normalized spacial score (nSPS) is 11.8. The first kappa shape index (κ1) is 17.3. The van der Waals surface area contributed by atoms with Crippen molar-refractivity contribution >= 4 is 17.7 Å². The smallest absolute Gasteiger partial charge is 0.233 e. The number of methoxy groups -OCH3 is 1. The minimum absolute atomic E-state index is 0.0586. The van der Waals surface area contributed by atoms with Crippen LogP contribution in [0.4, 0.5) is 4.39 Å². The van der Waals surface area contributed by atoms with E-state index in [-0.39, 0.29) is 23.5 Å². The Balaban J connectivity index is 2.03. The summed E-state index contributed by atoms with van der Waals surface area (Å²) in [6.07, 6.45) is 0. The number of nitrogens with zero attached hydrogens (tertiary/aromatic N) is 1. The van der Waals surface area contributed by atoms with Crippen LogP contribution in [0.3, 0.4) is 0 Å². The predicted octanol–water partition coefficient (Wildman–Crippen LogP) is 4.15. The van der Waals surface area contributed by atoms with E-state index >= 15 is 0 Å². The van der Waals surface area contributed by atoms with E-state index in [1.54, 1.807) is 37.3 Å². The topological polar surface area (TPSA) is 29.5 Å². The summed E-state index contributed by atoms with van der Waals surface area (Å²) in [5, 5.41) is 0. The Morgan fingerprint density at radius 1 is 1.22 bits per heavy atom. The van der Waals surface area contributed by atoms with Crippen molar-refractivity contribution in [2.24, 2.45) is 0 Å². The monoisotopic (exact) mass is 333 g/mol. The molecule has 2 rings (SSSR count). The SMILES string of the molecule is COc1ccccc1C(C)N(C)C(=O)CSc1ccccc1F. The van der Waals surface area contributed by atoms with Crippen molar-refractivity contribution < 1.29 is 13.9 Å². The van der Waals surface area contributed by atoms with Crippen LogP contribution in [-0.2, 0) is 4.79 Å². The van der Waals surface area contributed by atoms with Crippen LogP contribution in [0.25, 0.3) is 0 Å². The first-order valence-electron chi connectivity index (χ1n) is 7.30. The average Bonchev–Trinajstić information content (AvgIpc) is 2.59. The third-order valence-corrected chi connectivity index (χ3v) is 4.78. The summed E-state index contributed by atoms with van der Waals surface area (Å²) in [5.74, 6) is 0.584. The quantitative estimate of drug-likeness (QED) is 0.744. The van der Waals surface area contributed by atoms with Gasteiger partial charge in [-0.05, 0) is 25.1 Å². The van der Waals surface area contributed by atoms with E-state index in [0.29, 0.717) is 4.90 Å². The molecule has 1 unspecified atom stereocenters. The summed E-state index contributed by atoms with van der Waals surface area (Å²) in [6, 6.07) is 14.0. The molecule has 0 N–H and O–H groups in total. The van der Waals surface area contributed by atoms with Crippen LogP contribution in [0, 0.1) is 5.82 Å². The molecule has 5 heteroatoms. The van der Waals surface area contributed by atoms with Gasteiger partial charge in [-0.2, -0.15) is 0 Å². The van der Waals surface area contributed by atoms with Gasteiger partial charge in [0.15, 0.2) is 0 Å². The van der Waals surface area contributed by atoms with Gasteiger partial charge >= 0.3 is 0 Å². The molecule has 0 bridgehead atoms. The van der Waals surface area contributed by atoms with Gasteiger partial charge < -0.3 is 9.64 Å². The maximum atomic E-state index is 13.6. The van der Waals surface area contributed by atoms with Gasteiger partial charge in [-0.1, -0.05) is 30.3 Å². The molecule has 0 fully saturated rings. The van der Waals surface area contributed by atoms with Crippen molar-refractivity contribution in [1.29, 1.82) is 0 Å². The molecule has 0 saturated carbocycles. The molecule has 0 aromatic heterocycles. The minimum Gasteiger partial charge on any atom is -0.496 e. The van der Waals surface area contributed by atoms with Gasteiger partial charge in [-0.15, -0.1) is 11.8 Å². The maximum absolute atomic E-state index is 13.6. The highest BCUT2D eigenvalue weighted by molar-refractivity contribution is 8.00. The Hall–Kier alpha value is -2.01. The molecule has 1 amide bonds. The summed E-state index contributed by atoms with van der Waals surface area (Å²) < 4.78 is 18.9. The molecule has 0 aliphatic heterocycles. The van der Waals surface area contributed by atoms with Gasteiger partial charge in [-0.25, -0.2) is 4.39 Å². The molecule has 0 aliphatic rings. The zero-order chi connectivity index (χ0) is 16.8. The van der Waals surface area contributed by atoms with E-state index in [1.165, 1.54) is 17.8 Å². The lowest BCUT2D eigenvalue weighted by atomic mass is 10.1. The molecule has 2 aromatic rings. The average molecular weight is 333 g/mol. The Kier molecular flexibility index (Phi) is 6.04. The van der Waals surface area contributed by atoms with Gasteiger partial charge in [0.2, 0.25) is 5.91 Å². The van der Waals surface area contributed by atoms with Crippen LogP contribution in [0.2, 0.25) is 0 Å². The number of thioether (sulfide) groups is 1. The second kappa shape index (κ2) is 8.02. The van der Waals surface area contributed by atoms with E-state index in [9.17, 15) is 9.18 Å². The number of ether oxygens (including phenoxy) is 1. The van der Waals surface area contributed by atoms with Crippen molar-refractivity contribution in [2.75, 3.05) is 19.9 Å². The number of carbonyl (C=O) groups excluding carboxylic acids is 1. The van der Waals surface area contributed by atoms with Gasteiger partial charge in [0.25, 0.3) is 0 Å². The lowest BCUT2D eigenvalue weighted by Crippen LogP contribution is -2.31. The highest BCUT2D eigenvalue weighted by atomic mass is 32.2. The number of halogens is 1. The number of rotatable bonds is 6. The predicted molar refractivity (Wildman–Crippen MR) is 91.3 cm³/mol. The number of hydrogen-bond donors (Lipinski definition) is 0. The highest BCUT2D eigenvalue weighted by Gasteiger charge is 2.20. The van der Waals surface area contributed by atoms with Gasteiger partial charge in [0, 0.05) is 17.5 Å². The van der Waals surface area contributed by atoms with Crippen LogP contribution < -0.4 is 4.74 Å². The lowest BCUT2D eigenvalue weighted by Gasteiger charge is -2.26. The van der Waals surface area contributed by atoms with E-state index in [1.807, 2.05) is 31.2 Å². The number of para-hydroxylation sites is 1. The molecule has 1 atom stereocenters. The second-order valence-corrected chi connectivity index (χ2v) is 6.16. The molecule has 0 saturated heterocycles. The third-order valence-electron chi connectivity index (χ3n) is 3.75. The number of carbonyl (C=O) groups is 1. The second-order valence-electron chi connectivity index (χ2n) is 5.14. The lowest BCUT2D eigenvalue weighted by molar-refractivity contribution is -0.128. The molecule has 0 radical (unpaired) electrons. The molecule has 122 valence electrons. The van der Waals surface area contributed by atoms with Crippen molar-refractivity contribution in [3.05, 3.63) is 59.9 Å². The Morgan fingerprint density at radius 2 is 1.87 bits per heavy atom. The minimum atomic E-state index is -0.300. The Bertz CT molecular complexity index is 678. The fourth-order valence-corrected chi connectivity index (χ4v) is 3.10. The van der Waals surface area contributed by atoms with Crippen LogP contribution in [0.15, 0.2) is 53.4 Å². The fraction of sp³-hybridized carbons (Fsp3) is 0.278. The summed E-state index contributed by atoms with van der Waals surface area (Å²) in [7, 11) is 3.36. The van der Waals surface area contributed by atoms with Crippen molar-refractivity contribution in [3.8, 4) is 5.75 Å². The molecule has 0 heterocycles. The van der Waals surface area contributed by atoms with E-state index in [0.717, 1.165) is 11.3 Å². The number of benzene rings is 2.